The third-order valence-electron chi connectivity index (χ3n) is 7.09. The van der Waals surface area contributed by atoms with Crippen LogP contribution >= 0.6 is 11.8 Å². The molecule has 3 aromatic rings. The molecule has 0 spiro atoms. The van der Waals surface area contributed by atoms with E-state index in [1.165, 1.54) is 0 Å². The van der Waals surface area contributed by atoms with E-state index in [4.69, 9.17) is 4.74 Å². The van der Waals surface area contributed by atoms with E-state index in [2.05, 4.69) is 14.9 Å². The Bertz CT molecular complexity index is 1130. The van der Waals surface area contributed by atoms with Crippen molar-refractivity contribution in [2.75, 3.05) is 32.5 Å². The number of nitrogens with zero attached hydrogens (tertiary/aromatic N) is 3. The molecule has 7 nitrogen and oxygen atoms in total. The zero-order valence-electron chi connectivity index (χ0n) is 20.2. The number of aromatic nitrogens is 2. The largest absolute Gasteiger partial charge is 0.497 e. The number of aliphatic hydroxyl groups excluding tert-OH is 1. The smallest absolute Gasteiger partial charge is 0.309 e. The third kappa shape index (κ3) is 6.12. The number of ether oxygens (including phenoxy) is 1. The number of carboxylic acid groups (broad SMARTS) is 1. The minimum absolute atomic E-state index is 0.0922. The molecule has 4 rings (SSSR count). The molecule has 2 N–H and O–H groups in total. The second-order valence-electron chi connectivity index (χ2n) is 9.10. The van der Waals surface area contributed by atoms with Crippen molar-refractivity contribution in [1.82, 2.24) is 14.9 Å². The van der Waals surface area contributed by atoms with E-state index in [0.717, 1.165) is 64.6 Å². The van der Waals surface area contributed by atoms with Crippen LogP contribution in [-0.4, -0.2) is 63.5 Å². The van der Waals surface area contributed by atoms with Crippen LogP contribution in [-0.2, 0) is 17.8 Å². The Labute approximate surface area is 210 Å². The van der Waals surface area contributed by atoms with Gasteiger partial charge in [-0.15, -0.1) is 11.8 Å². The molecular weight excluding hydrogens is 462 g/mol. The van der Waals surface area contributed by atoms with Gasteiger partial charge in [-0.25, -0.2) is 4.98 Å². The van der Waals surface area contributed by atoms with E-state index in [-0.39, 0.29) is 6.61 Å². The zero-order valence-corrected chi connectivity index (χ0v) is 21.0. The molecule has 0 amide bonds. The molecule has 0 bridgehead atoms. The minimum atomic E-state index is -0.691. The number of methoxy groups -OCH3 is 1. The summed E-state index contributed by atoms with van der Waals surface area (Å²) >= 11 is 1.74. The molecule has 1 aliphatic rings. The summed E-state index contributed by atoms with van der Waals surface area (Å²) < 4.78 is 5.38. The Balaban J connectivity index is 1.36. The zero-order chi connectivity index (χ0) is 24.7. The summed E-state index contributed by atoms with van der Waals surface area (Å²) in [5.74, 6) is 0.995. The Morgan fingerprint density at radius 2 is 2.03 bits per heavy atom. The van der Waals surface area contributed by atoms with Crippen LogP contribution in [0.3, 0.4) is 0 Å². The van der Waals surface area contributed by atoms with E-state index in [1.807, 2.05) is 36.4 Å². The number of hydrogen-bond acceptors (Lipinski definition) is 7. The van der Waals surface area contributed by atoms with E-state index in [9.17, 15) is 15.0 Å². The van der Waals surface area contributed by atoms with Gasteiger partial charge in [0.25, 0.3) is 0 Å². The lowest BCUT2D eigenvalue weighted by Crippen LogP contribution is -2.45. The first-order valence-corrected chi connectivity index (χ1v) is 13.1. The van der Waals surface area contributed by atoms with Crippen molar-refractivity contribution < 1.29 is 19.7 Å². The fourth-order valence-corrected chi connectivity index (χ4v) is 5.79. The predicted molar refractivity (Wildman–Crippen MR) is 138 cm³/mol. The molecule has 0 atom stereocenters. The highest BCUT2D eigenvalue weighted by atomic mass is 32.2. The van der Waals surface area contributed by atoms with Crippen molar-refractivity contribution in [3.05, 3.63) is 59.9 Å². The summed E-state index contributed by atoms with van der Waals surface area (Å²) in [5.41, 5.74) is 1.98. The van der Waals surface area contributed by atoms with Gasteiger partial charge in [0.15, 0.2) is 0 Å². The molecule has 0 radical (unpaired) electrons. The standard InChI is InChI=1S/C27H33N3O4S/c1-34-21-7-8-24-23(17-21)22(20(19-31)18-29-24)5-4-9-27(26(32)33)10-13-30(14-11-27)15-16-35-25-6-2-3-12-28-25/h2-3,6-8,12,17-18,31H,4-5,9-11,13-16,19H2,1H3,(H,32,33). The Kier molecular flexibility index (Phi) is 8.59. The van der Waals surface area contributed by atoms with Crippen LogP contribution < -0.4 is 4.74 Å². The number of hydrogen-bond donors (Lipinski definition) is 2. The topological polar surface area (TPSA) is 95.8 Å². The van der Waals surface area contributed by atoms with Gasteiger partial charge in [0.05, 0.1) is 29.7 Å². The number of carbonyl (C=O) groups is 1. The van der Waals surface area contributed by atoms with Crippen LogP contribution in [0.4, 0.5) is 0 Å². The fourth-order valence-electron chi connectivity index (χ4n) is 4.92. The summed E-state index contributed by atoms with van der Waals surface area (Å²) in [6.45, 7) is 2.44. The predicted octanol–water partition coefficient (Wildman–Crippen LogP) is 4.41. The summed E-state index contributed by atoms with van der Waals surface area (Å²) in [7, 11) is 1.63. The van der Waals surface area contributed by atoms with Crippen molar-refractivity contribution in [2.45, 2.75) is 43.7 Å². The van der Waals surface area contributed by atoms with Crippen molar-refractivity contribution in [2.24, 2.45) is 5.41 Å². The maximum atomic E-state index is 12.3. The molecule has 1 fully saturated rings. The third-order valence-corrected chi connectivity index (χ3v) is 8.01. The number of fused-ring (bicyclic) bond motifs is 1. The second-order valence-corrected chi connectivity index (χ2v) is 10.2. The van der Waals surface area contributed by atoms with Gasteiger partial charge in [-0.1, -0.05) is 6.07 Å². The number of aryl methyl sites for hydroxylation is 1. The van der Waals surface area contributed by atoms with Crippen LogP contribution in [0.2, 0.25) is 0 Å². The maximum absolute atomic E-state index is 12.3. The summed E-state index contributed by atoms with van der Waals surface area (Å²) in [6, 6.07) is 11.7. The van der Waals surface area contributed by atoms with Crippen LogP contribution in [0.15, 0.2) is 53.8 Å². The van der Waals surface area contributed by atoms with E-state index in [1.54, 1.807) is 31.3 Å². The fraction of sp³-hybridized carbons (Fsp3) is 0.444. The number of rotatable bonds is 11. The van der Waals surface area contributed by atoms with Crippen molar-refractivity contribution >= 4 is 28.6 Å². The van der Waals surface area contributed by atoms with Gasteiger partial charge in [-0.2, -0.15) is 0 Å². The lowest BCUT2D eigenvalue weighted by atomic mass is 9.74. The van der Waals surface area contributed by atoms with Gasteiger partial charge in [0, 0.05) is 30.1 Å². The first-order chi connectivity index (χ1) is 17.0. The number of aliphatic hydroxyl groups is 1. The number of pyridine rings is 2. The Morgan fingerprint density at radius 3 is 2.71 bits per heavy atom. The lowest BCUT2D eigenvalue weighted by Gasteiger charge is -2.39. The monoisotopic (exact) mass is 495 g/mol. The summed E-state index contributed by atoms with van der Waals surface area (Å²) in [5, 5.41) is 22.0. The van der Waals surface area contributed by atoms with Crippen LogP contribution in [0, 0.1) is 5.41 Å². The number of carboxylic acids is 1. The van der Waals surface area contributed by atoms with Gasteiger partial charge in [0.1, 0.15) is 5.75 Å². The van der Waals surface area contributed by atoms with Gasteiger partial charge >= 0.3 is 5.97 Å². The molecule has 0 unspecified atom stereocenters. The molecule has 1 saturated heterocycles. The van der Waals surface area contributed by atoms with E-state index >= 15 is 0 Å². The lowest BCUT2D eigenvalue weighted by molar-refractivity contribution is -0.152. The molecule has 0 aliphatic carbocycles. The highest BCUT2D eigenvalue weighted by Gasteiger charge is 2.40. The average molecular weight is 496 g/mol. The number of benzene rings is 1. The molecule has 2 aromatic heterocycles. The van der Waals surface area contributed by atoms with Crippen LogP contribution in [0.5, 0.6) is 5.75 Å². The number of piperidine rings is 1. The molecular formula is C27H33N3O4S. The quantitative estimate of drug-likeness (QED) is 0.378. The van der Waals surface area contributed by atoms with Crippen molar-refractivity contribution in [1.29, 1.82) is 0 Å². The van der Waals surface area contributed by atoms with Crippen molar-refractivity contribution in [3.8, 4) is 5.75 Å². The maximum Gasteiger partial charge on any atom is 0.309 e. The number of aliphatic carboxylic acids is 1. The summed E-state index contributed by atoms with van der Waals surface area (Å²) in [6.07, 6.45) is 6.91. The highest BCUT2D eigenvalue weighted by molar-refractivity contribution is 7.99. The highest BCUT2D eigenvalue weighted by Crippen LogP contribution is 2.38. The number of likely N-dealkylation sites (tertiary alicyclic amines) is 1. The van der Waals surface area contributed by atoms with E-state index < -0.39 is 11.4 Å². The Morgan fingerprint density at radius 1 is 1.20 bits per heavy atom. The summed E-state index contributed by atoms with van der Waals surface area (Å²) in [4.78, 5) is 23.5. The van der Waals surface area contributed by atoms with Gasteiger partial charge in [0.2, 0.25) is 0 Å². The first kappa shape index (κ1) is 25.4. The number of thioether (sulfide) groups is 1. The van der Waals surface area contributed by atoms with Gasteiger partial charge < -0.3 is 19.8 Å². The first-order valence-electron chi connectivity index (χ1n) is 12.1. The second kappa shape index (κ2) is 11.8. The molecule has 1 aliphatic heterocycles. The molecule has 8 heteroatoms. The minimum Gasteiger partial charge on any atom is -0.497 e. The normalized spacial score (nSPS) is 15.8. The molecule has 186 valence electrons. The van der Waals surface area contributed by atoms with Gasteiger partial charge in [-0.3, -0.25) is 9.78 Å². The molecule has 1 aromatic carbocycles. The van der Waals surface area contributed by atoms with E-state index in [0.29, 0.717) is 25.7 Å². The van der Waals surface area contributed by atoms with Gasteiger partial charge in [-0.05, 0) is 86.7 Å². The molecule has 35 heavy (non-hydrogen) atoms. The average Bonchev–Trinajstić information content (AvgIpc) is 2.90. The molecule has 0 saturated carbocycles. The molecule has 3 heterocycles. The Hall–Kier alpha value is -2.68. The van der Waals surface area contributed by atoms with Crippen LogP contribution in [0.1, 0.15) is 36.8 Å². The SMILES string of the molecule is COc1ccc2ncc(CO)c(CCCC3(C(=O)O)CCN(CCSc4ccccn4)CC3)c2c1. The van der Waals surface area contributed by atoms with Crippen molar-refractivity contribution in [3.63, 3.8) is 0 Å². The van der Waals surface area contributed by atoms with Crippen LogP contribution in [0.25, 0.3) is 10.9 Å².